The van der Waals surface area contributed by atoms with Crippen LogP contribution in [0.15, 0.2) is 18.2 Å². The summed E-state index contributed by atoms with van der Waals surface area (Å²) in [7, 11) is 0. The van der Waals surface area contributed by atoms with E-state index in [9.17, 15) is 4.79 Å². The van der Waals surface area contributed by atoms with Crippen LogP contribution in [-0.4, -0.2) is 11.0 Å². The fourth-order valence-corrected chi connectivity index (χ4v) is 0.913. The van der Waals surface area contributed by atoms with Crippen LogP contribution in [0.2, 0.25) is 5.02 Å². The van der Waals surface area contributed by atoms with Crippen molar-refractivity contribution in [3.8, 4) is 5.75 Å². The largest absolute Gasteiger partial charge is 0.508 e. The van der Waals surface area contributed by atoms with Gasteiger partial charge in [0.2, 0.25) is 5.91 Å². The Kier molecular flexibility index (Phi) is 3.86. The summed E-state index contributed by atoms with van der Waals surface area (Å²) in [6.45, 7) is 0. The zero-order valence-electron chi connectivity index (χ0n) is 5.95. The van der Waals surface area contributed by atoms with E-state index in [1.54, 1.807) is 0 Å². The number of amides is 1. The fourth-order valence-electron chi connectivity index (χ4n) is 0.702. The molecule has 66 valence electrons. The molecule has 5 heteroatoms. The monoisotopic (exact) mass is 207 g/mol. The van der Waals surface area contributed by atoms with Crippen molar-refractivity contribution in [2.24, 2.45) is 5.73 Å². The van der Waals surface area contributed by atoms with E-state index < -0.39 is 5.91 Å². The Balaban J connectivity index is 0.00000121. The lowest BCUT2D eigenvalue weighted by atomic mass is 10.2. The van der Waals surface area contributed by atoms with Crippen LogP contribution < -0.4 is 5.73 Å². The minimum atomic E-state index is -0.647. The molecule has 0 bridgehead atoms. The number of phenolic OH excluding ortho intramolecular Hbond substituents is 1. The highest BCUT2D eigenvalue weighted by Gasteiger charge is 2.05. The Morgan fingerprint density at radius 2 is 2.08 bits per heavy atom. The van der Waals surface area contributed by atoms with E-state index in [0.717, 1.165) is 0 Å². The Morgan fingerprint density at radius 3 is 2.50 bits per heavy atom. The van der Waals surface area contributed by atoms with Gasteiger partial charge >= 0.3 is 0 Å². The molecule has 12 heavy (non-hydrogen) atoms. The molecule has 1 amide bonds. The zero-order chi connectivity index (χ0) is 8.43. The predicted octanol–water partition coefficient (Wildman–Crippen LogP) is 1.57. The van der Waals surface area contributed by atoms with Crippen molar-refractivity contribution in [1.82, 2.24) is 0 Å². The van der Waals surface area contributed by atoms with Crippen LogP contribution >= 0.6 is 24.0 Å². The van der Waals surface area contributed by atoms with E-state index in [-0.39, 0.29) is 28.7 Å². The second kappa shape index (κ2) is 4.18. The number of nitrogens with two attached hydrogens (primary N) is 1. The molecular weight excluding hydrogens is 201 g/mol. The third-order valence-electron chi connectivity index (χ3n) is 1.22. The number of carbonyl (C=O) groups excluding carboxylic acids is 1. The molecule has 0 fully saturated rings. The van der Waals surface area contributed by atoms with E-state index in [1.165, 1.54) is 18.2 Å². The summed E-state index contributed by atoms with van der Waals surface area (Å²) < 4.78 is 0. The molecule has 1 rings (SSSR count). The highest BCUT2D eigenvalue weighted by Crippen LogP contribution is 2.20. The normalized spacial score (nSPS) is 8.75. The quantitative estimate of drug-likeness (QED) is 0.735. The molecule has 0 aromatic heterocycles. The number of primary amides is 1. The molecule has 0 saturated heterocycles. The first-order valence-corrected chi connectivity index (χ1v) is 3.27. The number of halogens is 2. The first-order valence-electron chi connectivity index (χ1n) is 2.89. The van der Waals surface area contributed by atoms with Crippen molar-refractivity contribution in [1.29, 1.82) is 0 Å². The van der Waals surface area contributed by atoms with Gasteiger partial charge < -0.3 is 10.8 Å². The number of hydrogen-bond acceptors (Lipinski definition) is 2. The Labute approximate surface area is 80.5 Å². The number of benzene rings is 1. The van der Waals surface area contributed by atoms with E-state index in [2.05, 4.69) is 0 Å². The number of hydrogen-bond donors (Lipinski definition) is 2. The van der Waals surface area contributed by atoms with Gasteiger partial charge in [0.15, 0.2) is 0 Å². The zero-order valence-corrected chi connectivity index (χ0v) is 7.52. The summed E-state index contributed by atoms with van der Waals surface area (Å²) in [5, 5.41) is 9.17. The maximum atomic E-state index is 10.6. The van der Waals surface area contributed by atoms with Crippen molar-refractivity contribution in [3.63, 3.8) is 0 Å². The van der Waals surface area contributed by atoms with E-state index in [0.29, 0.717) is 0 Å². The van der Waals surface area contributed by atoms with Crippen molar-refractivity contribution >= 4 is 29.9 Å². The minimum absolute atomic E-state index is 0. The van der Waals surface area contributed by atoms with Crippen LogP contribution in [0.5, 0.6) is 5.75 Å². The second-order valence-corrected chi connectivity index (χ2v) is 2.44. The molecule has 0 aliphatic carbocycles. The average Bonchev–Trinajstić information content (AvgIpc) is 1.94. The second-order valence-electron chi connectivity index (χ2n) is 2.03. The van der Waals surface area contributed by atoms with Crippen molar-refractivity contribution < 1.29 is 9.90 Å². The van der Waals surface area contributed by atoms with Crippen molar-refractivity contribution in [2.45, 2.75) is 0 Å². The van der Waals surface area contributed by atoms with Crippen molar-refractivity contribution in [3.05, 3.63) is 28.8 Å². The molecule has 0 spiro atoms. The topological polar surface area (TPSA) is 63.3 Å². The van der Waals surface area contributed by atoms with Gasteiger partial charge in [-0.25, -0.2) is 0 Å². The van der Waals surface area contributed by atoms with E-state index >= 15 is 0 Å². The Bertz CT molecular complexity index is 301. The highest BCUT2D eigenvalue weighted by atomic mass is 35.5. The van der Waals surface area contributed by atoms with Gasteiger partial charge in [0.05, 0.1) is 10.6 Å². The van der Waals surface area contributed by atoms with E-state index in [1.807, 2.05) is 0 Å². The van der Waals surface area contributed by atoms with Gasteiger partial charge in [-0.1, -0.05) is 11.6 Å². The third-order valence-corrected chi connectivity index (χ3v) is 1.54. The first kappa shape index (κ1) is 11.1. The molecule has 3 N–H and O–H groups in total. The van der Waals surface area contributed by atoms with Gasteiger partial charge in [-0.3, -0.25) is 4.79 Å². The van der Waals surface area contributed by atoms with Crippen LogP contribution in [0, 0.1) is 0 Å². The molecule has 3 nitrogen and oxygen atoms in total. The SMILES string of the molecule is Cl.NC(=O)c1cc(O)ccc1Cl. The minimum Gasteiger partial charge on any atom is -0.508 e. The summed E-state index contributed by atoms with van der Waals surface area (Å²) in [5.74, 6) is -0.672. The summed E-state index contributed by atoms with van der Waals surface area (Å²) in [5.41, 5.74) is 5.08. The smallest absolute Gasteiger partial charge is 0.250 e. The maximum Gasteiger partial charge on any atom is 0.250 e. The Hall–Kier alpha value is -0.930. The molecular formula is C7H7Cl2NO2. The lowest BCUT2D eigenvalue weighted by Gasteiger charge is -1.98. The van der Waals surface area contributed by atoms with Gasteiger partial charge in [0.25, 0.3) is 0 Å². The lowest BCUT2D eigenvalue weighted by molar-refractivity contribution is 0.1000. The van der Waals surface area contributed by atoms with Crippen LogP contribution in [-0.2, 0) is 0 Å². The van der Waals surface area contributed by atoms with E-state index in [4.69, 9.17) is 22.4 Å². The molecule has 0 aliphatic rings. The summed E-state index contributed by atoms with van der Waals surface area (Å²) in [6, 6.07) is 4.02. The molecule has 0 heterocycles. The lowest BCUT2D eigenvalue weighted by Crippen LogP contribution is -2.11. The molecule has 1 aromatic rings. The van der Waals surface area contributed by atoms with Gasteiger partial charge in [0.1, 0.15) is 5.75 Å². The highest BCUT2D eigenvalue weighted by molar-refractivity contribution is 6.33. The van der Waals surface area contributed by atoms with Gasteiger partial charge in [0, 0.05) is 0 Å². The molecule has 0 radical (unpaired) electrons. The first-order chi connectivity index (χ1) is 5.11. The fraction of sp³-hybridized carbons (Fsp3) is 0. The van der Waals surface area contributed by atoms with Gasteiger partial charge in [-0.2, -0.15) is 0 Å². The number of carbonyl (C=O) groups is 1. The summed E-state index contributed by atoms with van der Waals surface area (Å²) in [4.78, 5) is 10.6. The van der Waals surface area contributed by atoms with Crippen molar-refractivity contribution in [2.75, 3.05) is 0 Å². The number of rotatable bonds is 1. The standard InChI is InChI=1S/C7H6ClNO2.ClH/c8-6-2-1-4(10)3-5(6)7(9)11;/h1-3,10H,(H2,9,11);1H. The van der Waals surface area contributed by atoms with Crippen LogP contribution in [0.3, 0.4) is 0 Å². The number of phenols is 1. The average molecular weight is 208 g/mol. The molecule has 0 atom stereocenters. The maximum absolute atomic E-state index is 10.6. The third kappa shape index (κ3) is 2.29. The predicted molar refractivity (Wildman–Crippen MR) is 48.9 cm³/mol. The molecule has 1 aromatic carbocycles. The summed E-state index contributed by atoms with van der Waals surface area (Å²) >= 11 is 5.58. The molecule has 0 aliphatic heterocycles. The van der Waals surface area contributed by atoms with Gasteiger partial charge in [-0.15, -0.1) is 12.4 Å². The van der Waals surface area contributed by atoms with Crippen LogP contribution in [0.4, 0.5) is 0 Å². The van der Waals surface area contributed by atoms with Gasteiger partial charge in [-0.05, 0) is 18.2 Å². The summed E-state index contributed by atoms with van der Waals surface area (Å²) in [6.07, 6.45) is 0. The molecule has 0 saturated carbocycles. The molecule has 0 unspecified atom stereocenters. The van der Waals surface area contributed by atoms with Crippen LogP contribution in [0.25, 0.3) is 0 Å². The Morgan fingerprint density at radius 1 is 1.50 bits per heavy atom. The number of aromatic hydroxyl groups is 1. The van der Waals surface area contributed by atoms with Crippen LogP contribution in [0.1, 0.15) is 10.4 Å².